The smallest absolute Gasteiger partial charge is 0.126 e. The van der Waals surface area contributed by atoms with Crippen molar-refractivity contribution in [3.63, 3.8) is 0 Å². The number of rotatable bonds is 6. The van der Waals surface area contributed by atoms with Crippen molar-refractivity contribution in [1.29, 1.82) is 0 Å². The molecular formula is C18H34NO2+. The zero-order valence-electron chi connectivity index (χ0n) is 14.1. The predicted octanol–water partition coefficient (Wildman–Crippen LogP) is 2.08. The van der Waals surface area contributed by atoms with Crippen LogP contribution in [0.25, 0.3) is 0 Å². The number of hydrogen-bond donors (Lipinski definition) is 2. The summed E-state index contributed by atoms with van der Waals surface area (Å²) in [6.07, 6.45) is 9.36. The summed E-state index contributed by atoms with van der Waals surface area (Å²) in [5, 5.41) is 12.6. The van der Waals surface area contributed by atoms with E-state index in [1.807, 2.05) is 0 Å². The summed E-state index contributed by atoms with van der Waals surface area (Å²) in [7, 11) is 0. The molecule has 3 saturated carbocycles. The Hall–Kier alpha value is -0.120. The number of aliphatic hydroxyl groups excluding tert-OH is 1. The third-order valence-electron chi connectivity index (χ3n) is 6.73. The second-order valence-corrected chi connectivity index (χ2v) is 8.80. The van der Waals surface area contributed by atoms with Crippen LogP contribution in [0.15, 0.2) is 0 Å². The molecular weight excluding hydrogens is 262 g/mol. The lowest BCUT2D eigenvalue weighted by Crippen LogP contribution is -2.91. The Kier molecular flexibility index (Phi) is 4.37. The van der Waals surface area contributed by atoms with Crippen molar-refractivity contribution in [2.75, 3.05) is 13.2 Å². The molecule has 3 aliphatic rings. The van der Waals surface area contributed by atoms with Crippen LogP contribution in [0.5, 0.6) is 0 Å². The van der Waals surface area contributed by atoms with Crippen LogP contribution >= 0.6 is 0 Å². The van der Waals surface area contributed by atoms with Crippen molar-refractivity contribution in [2.45, 2.75) is 84.0 Å². The summed E-state index contributed by atoms with van der Waals surface area (Å²) >= 11 is 0. The fraction of sp³-hybridized carbons (Fsp3) is 1.00. The van der Waals surface area contributed by atoms with E-state index in [9.17, 15) is 5.11 Å². The number of fused-ring (bicyclic) bond motifs is 2. The maximum absolute atomic E-state index is 10.2. The third-order valence-corrected chi connectivity index (χ3v) is 6.73. The number of hydrogen-bond acceptors (Lipinski definition) is 2. The van der Waals surface area contributed by atoms with E-state index in [0.717, 1.165) is 18.5 Å². The van der Waals surface area contributed by atoms with E-state index in [-0.39, 0.29) is 11.5 Å². The summed E-state index contributed by atoms with van der Waals surface area (Å²) in [4.78, 5) is 0. The SMILES string of the molecule is CC1(C)[C@H]2CC[C@](C)(C2)[C@H]1OC[C@H](O)C[NH2+]C1CCCC1. The molecule has 122 valence electrons. The van der Waals surface area contributed by atoms with E-state index in [4.69, 9.17) is 4.74 Å². The third kappa shape index (κ3) is 3.02. The van der Waals surface area contributed by atoms with Crippen LogP contribution in [0.1, 0.15) is 65.7 Å². The minimum absolute atomic E-state index is 0.280. The van der Waals surface area contributed by atoms with Crippen LogP contribution in [0.2, 0.25) is 0 Å². The lowest BCUT2D eigenvalue weighted by atomic mass is 9.70. The average Bonchev–Trinajstić information content (AvgIpc) is 3.09. The highest BCUT2D eigenvalue weighted by Crippen LogP contribution is 2.63. The van der Waals surface area contributed by atoms with Gasteiger partial charge in [-0.1, -0.05) is 20.8 Å². The van der Waals surface area contributed by atoms with Gasteiger partial charge in [-0.15, -0.1) is 0 Å². The van der Waals surface area contributed by atoms with Crippen molar-refractivity contribution in [2.24, 2.45) is 16.7 Å². The fourth-order valence-electron chi connectivity index (χ4n) is 5.49. The normalized spacial score (nSPS) is 40.0. The van der Waals surface area contributed by atoms with E-state index >= 15 is 0 Å². The van der Waals surface area contributed by atoms with Crippen molar-refractivity contribution in [3.05, 3.63) is 0 Å². The van der Waals surface area contributed by atoms with E-state index < -0.39 is 0 Å². The zero-order valence-corrected chi connectivity index (χ0v) is 14.1. The molecule has 0 unspecified atom stereocenters. The van der Waals surface area contributed by atoms with Gasteiger partial charge in [-0.05, 0) is 61.7 Å². The van der Waals surface area contributed by atoms with Crippen molar-refractivity contribution in [3.8, 4) is 0 Å². The Balaban J connectivity index is 1.46. The molecule has 2 bridgehead atoms. The first-order valence-corrected chi connectivity index (χ1v) is 9.05. The van der Waals surface area contributed by atoms with Gasteiger partial charge in [0.2, 0.25) is 0 Å². The van der Waals surface area contributed by atoms with Gasteiger partial charge < -0.3 is 15.2 Å². The van der Waals surface area contributed by atoms with Crippen molar-refractivity contribution >= 4 is 0 Å². The molecule has 0 aromatic rings. The quantitative estimate of drug-likeness (QED) is 0.788. The molecule has 3 aliphatic carbocycles. The Morgan fingerprint density at radius 1 is 1.19 bits per heavy atom. The van der Waals surface area contributed by atoms with Gasteiger partial charge in [0.25, 0.3) is 0 Å². The molecule has 0 aromatic carbocycles. The topological polar surface area (TPSA) is 46.1 Å². The summed E-state index contributed by atoms with van der Waals surface area (Å²) in [5.74, 6) is 0.815. The number of nitrogens with two attached hydrogens (primary N) is 1. The van der Waals surface area contributed by atoms with E-state index in [0.29, 0.717) is 18.1 Å². The van der Waals surface area contributed by atoms with Gasteiger partial charge in [-0.25, -0.2) is 0 Å². The molecule has 4 atom stereocenters. The van der Waals surface area contributed by atoms with E-state index in [1.165, 1.54) is 44.9 Å². The van der Waals surface area contributed by atoms with Crippen LogP contribution in [-0.4, -0.2) is 36.5 Å². The molecule has 0 aromatic heterocycles. The highest BCUT2D eigenvalue weighted by molar-refractivity contribution is 5.09. The average molecular weight is 296 g/mol. The van der Waals surface area contributed by atoms with Crippen LogP contribution in [0.4, 0.5) is 0 Å². The maximum atomic E-state index is 10.2. The molecule has 21 heavy (non-hydrogen) atoms. The summed E-state index contributed by atoms with van der Waals surface area (Å²) in [6, 6.07) is 0.746. The number of quaternary nitrogens is 1. The first-order valence-electron chi connectivity index (χ1n) is 9.05. The fourth-order valence-corrected chi connectivity index (χ4v) is 5.49. The predicted molar refractivity (Wildman–Crippen MR) is 84.0 cm³/mol. The largest absolute Gasteiger partial charge is 0.385 e. The second-order valence-electron chi connectivity index (χ2n) is 8.80. The van der Waals surface area contributed by atoms with E-state index in [1.54, 1.807) is 0 Å². The highest BCUT2D eigenvalue weighted by Gasteiger charge is 2.60. The van der Waals surface area contributed by atoms with Gasteiger partial charge in [-0.3, -0.25) is 0 Å². The molecule has 0 radical (unpaired) electrons. The highest BCUT2D eigenvalue weighted by atomic mass is 16.5. The first-order chi connectivity index (χ1) is 9.92. The molecule has 3 fully saturated rings. The first kappa shape index (κ1) is 15.8. The molecule has 3 nitrogen and oxygen atoms in total. The lowest BCUT2D eigenvalue weighted by Gasteiger charge is -2.42. The minimum atomic E-state index is -0.316. The van der Waals surface area contributed by atoms with Crippen molar-refractivity contribution in [1.82, 2.24) is 0 Å². The molecule has 0 saturated heterocycles. The van der Waals surface area contributed by atoms with Crippen LogP contribution in [-0.2, 0) is 4.74 Å². The maximum Gasteiger partial charge on any atom is 0.126 e. The van der Waals surface area contributed by atoms with Gasteiger partial charge in [0.05, 0.1) is 18.8 Å². The van der Waals surface area contributed by atoms with Crippen molar-refractivity contribution < 1.29 is 15.2 Å². The van der Waals surface area contributed by atoms with Gasteiger partial charge in [-0.2, -0.15) is 0 Å². The van der Waals surface area contributed by atoms with Gasteiger partial charge >= 0.3 is 0 Å². The van der Waals surface area contributed by atoms with Gasteiger partial charge in [0, 0.05) is 0 Å². The molecule has 3 heteroatoms. The Bertz CT molecular complexity index is 359. The Morgan fingerprint density at radius 2 is 1.90 bits per heavy atom. The Labute approximate surface area is 129 Å². The zero-order chi connectivity index (χ0) is 15.1. The number of ether oxygens (including phenoxy) is 1. The molecule has 0 spiro atoms. The molecule has 0 heterocycles. The van der Waals surface area contributed by atoms with Crippen LogP contribution in [0.3, 0.4) is 0 Å². The lowest BCUT2D eigenvalue weighted by molar-refractivity contribution is -0.693. The second kappa shape index (κ2) is 5.82. The minimum Gasteiger partial charge on any atom is -0.385 e. The molecule has 0 aliphatic heterocycles. The van der Waals surface area contributed by atoms with E-state index in [2.05, 4.69) is 26.1 Å². The molecule has 3 N–H and O–H groups in total. The van der Waals surface area contributed by atoms with Gasteiger partial charge in [0.1, 0.15) is 12.6 Å². The Morgan fingerprint density at radius 3 is 2.52 bits per heavy atom. The summed E-state index contributed by atoms with van der Waals surface area (Å²) in [5.41, 5.74) is 0.630. The summed E-state index contributed by atoms with van der Waals surface area (Å²) < 4.78 is 6.26. The standard InChI is InChI=1S/C18H33NO2/c1-17(2)13-8-9-18(3,10-13)16(17)21-12-15(20)11-19-14-6-4-5-7-14/h13-16,19-20H,4-12H2,1-3H3/p+1/t13-,15+,16-,18+/m0/s1. The van der Waals surface area contributed by atoms with Crippen LogP contribution in [0, 0.1) is 16.7 Å². The van der Waals surface area contributed by atoms with Gasteiger partial charge in [0.15, 0.2) is 0 Å². The van der Waals surface area contributed by atoms with Crippen LogP contribution < -0.4 is 5.32 Å². The molecule has 0 amide bonds. The monoisotopic (exact) mass is 296 g/mol. The number of aliphatic hydroxyl groups is 1. The molecule has 3 rings (SSSR count). The summed E-state index contributed by atoms with van der Waals surface area (Å²) in [6.45, 7) is 8.44.